The van der Waals surface area contributed by atoms with E-state index in [-0.39, 0.29) is 11.7 Å². The van der Waals surface area contributed by atoms with Crippen LogP contribution in [0.4, 0.5) is 0 Å². The Morgan fingerprint density at radius 2 is 2.40 bits per heavy atom. The molecule has 0 bridgehead atoms. The molecule has 0 amide bonds. The Morgan fingerprint density at radius 1 is 1.80 bits per heavy atom. The summed E-state index contributed by atoms with van der Waals surface area (Å²) in [6, 6.07) is -0.391. The zero-order chi connectivity index (χ0) is 7.56. The van der Waals surface area contributed by atoms with Gasteiger partial charge in [-0.05, 0) is 12.8 Å². The summed E-state index contributed by atoms with van der Waals surface area (Å²) >= 11 is 0. The standard InChI is InChI=1S/C7H13NO2/c1-10-4-6(8)7(9)5-2-3-5/h5-6H,2-4,8H2,1H3. The molecule has 0 heterocycles. The van der Waals surface area contributed by atoms with Gasteiger partial charge in [0, 0.05) is 13.0 Å². The maximum absolute atomic E-state index is 11.1. The maximum Gasteiger partial charge on any atom is 0.154 e. The van der Waals surface area contributed by atoms with Gasteiger partial charge in [-0.3, -0.25) is 4.79 Å². The highest BCUT2D eigenvalue weighted by Gasteiger charge is 2.32. The molecule has 0 spiro atoms. The highest BCUT2D eigenvalue weighted by Crippen LogP contribution is 2.30. The summed E-state index contributed by atoms with van der Waals surface area (Å²) in [5.41, 5.74) is 5.49. The molecule has 58 valence electrons. The summed E-state index contributed by atoms with van der Waals surface area (Å²) in [5.74, 6) is 0.423. The fourth-order valence-corrected chi connectivity index (χ4v) is 0.932. The van der Waals surface area contributed by atoms with E-state index in [4.69, 9.17) is 10.5 Å². The number of ketones is 1. The van der Waals surface area contributed by atoms with Crippen LogP contribution in [0.2, 0.25) is 0 Å². The topological polar surface area (TPSA) is 52.3 Å². The first-order valence-corrected chi connectivity index (χ1v) is 3.54. The van der Waals surface area contributed by atoms with Crippen molar-refractivity contribution in [3.05, 3.63) is 0 Å². The molecule has 3 nitrogen and oxygen atoms in total. The van der Waals surface area contributed by atoms with Crippen molar-refractivity contribution in [2.45, 2.75) is 18.9 Å². The molecular weight excluding hydrogens is 130 g/mol. The van der Waals surface area contributed by atoms with E-state index in [1.807, 2.05) is 0 Å². The molecule has 1 rings (SSSR count). The number of methoxy groups -OCH3 is 1. The Bertz CT molecular complexity index is 132. The molecule has 1 fully saturated rings. The van der Waals surface area contributed by atoms with Crippen molar-refractivity contribution in [3.63, 3.8) is 0 Å². The van der Waals surface area contributed by atoms with Crippen molar-refractivity contribution >= 4 is 5.78 Å². The van der Waals surface area contributed by atoms with Crippen molar-refractivity contribution < 1.29 is 9.53 Å². The minimum absolute atomic E-state index is 0.168. The summed E-state index contributed by atoms with van der Waals surface area (Å²) in [5, 5.41) is 0. The third kappa shape index (κ3) is 1.78. The first-order valence-electron chi connectivity index (χ1n) is 3.54. The Kier molecular flexibility index (Phi) is 2.40. The average molecular weight is 143 g/mol. The van der Waals surface area contributed by atoms with Gasteiger partial charge in [0.05, 0.1) is 12.6 Å². The van der Waals surface area contributed by atoms with Crippen LogP contribution in [0.1, 0.15) is 12.8 Å². The summed E-state index contributed by atoms with van der Waals surface area (Å²) in [4.78, 5) is 11.1. The summed E-state index contributed by atoms with van der Waals surface area (Å²) < 4.78 is 4.76. The molecule has 0 saturated heterocycles. The predicted molar refractivity (Wildman–Crippen MR) is 37.6 cm³/mol. The van der Waals surface area contributed by atoms with Crippen LogP contribution in [0.25, 0.3) is 0 Å². The maximum atomic E-state index is 11.1. The fourth-order valence-electron chi connectivity index (χ4n) is 0.932. The molecule has 1 aliphatic carbocycles. The summed E-state index contributed by atoms with van der Waals surface area (Å²) in [7, 11) is 1.56. The van der Waals surface area contributed by atoms with Gasteiger partial charge in [-0.15, -0.1) is 0 Å². The number of carbonyl (C=O) groups excluding carboxylic acids is 1. The average Bonchev–Trinajstić information content (AvgIpc) is 2.68. The highest BCUT2D eigenvalue weighted by atomic mass is 16.5. The van der Waals surface area contributed by atoms with Crippen molar-refractivity contribution in [2.75, 3.05) is 13.7 Å². The van der Waals surface area contributed by atoms with Gasteiger partial charge in [-0.25, -0.2) is 0 Å². The molecule has 0 aromatic heterocycles. The third-order valence-electron chi connectivity index (χ3n) is 1.69. The number of carbonyl (C=O) groups is 1. The lowest BCUT2D eigenvalue weighted by atomic mass is 10.1. The van der Waals surface area contributed by atoms with Gasteiger partial charge in [0.1, 0.15) is 0 Å². The Labute approximate surface area is 60.5 Å². The smallest absolute Gasteiger partial charge is 0.154 e. The molecule has 3 heteroatoms. The van der Waals surface area contributed by atoms with Gasteiger partial charge in [0.25, 0.3) is 0 Å². The molecule has 1 aliphatic rings. The second kappa shape index (κ2) is 3.12. The lowest BCUT2D eigenvalue weighted by Crippen LogP contribution is -2.35. The normalized spacial score (nSPS) is 20.6. The molecule has 0 aromatic rings. The first kappa shape index (κ1) is 7.69. The monoisotopic (exact) mass is 143 g/mol. The zero-order valence-corrected chi connectivity index (χ0v) is 6.17. The molecule has 10 heavy (non-hydrogen) atoms. The summed E-state index contributed by atoms with van der Waals surface area (Å²) in [6.45, 7) is 0.356. The van der Waals surface area contributed by atoms with Crippen molar-refractivity contribution in [1.29, 1.82) is 0 Å². The van der Waals surface area contributed by atoms with E-state index in [0.717, 1.165) is 12.8 Å². The fraction of sp³-hybridized carbons (Fsp3) is 0.857. The van der Waals surface area contributed by atoms with Crippen molar-refractivity contribution in [1.82, 2.24) is 0 Å². The van der Waals surface area contributed by atoms with Gasteiger partial charge >= 0.3 is 0 Å². The van der Waals surface area contributed by atoms with Crippen molar-refractivity contribution in [3.8, 4) is 0 Å². The van der Waals surface area contributed by atoms with Gasteiger partial charge < -0.3 is 10.5 Å². The number of Topliss-reactive ketones (excluding diaryl/α,β-unsaturated/α-hetero) is 1. The number of hydrogen-bond donors (Lipinski definition) is 1. The number of hydrogen-bond acceptors (Lipinski definition) is 3. The van der Waals surface area contributed by atoms with Gasteiger partial charge in [-0.2, -0.15) is 0 Å². The third-order valence-corrected chi connectivity index (χ3v) is 1.69. The minimum atomic E-state index is -0.391. The van der Waals surface area contributed by atoms with Crippen LogP contribution in [-0.2, 0) is 9.53 Å². The lowest BCUT2D eigenvalue weighted by molar-refractivity contribution is -0.122. The molecule has 2 N–H and O–H groups in total. The second-order valence-corrected chi connectivity index (χ2v) is 2.74. The number of nitrogens with two attached hydrogens (primary N) is 1. The van der Waals surface area contributed by atoms with E-state index in [0.29, 0.717) is 6.61 Å². The van der Waals surface area contributed by atoms with Crippen LogP contribution in [0, 0.1) is 5.92 Å². The van der Waals surface area contributed by atoms with E-state index in [2.05, 4.69) is 0 Å². The van der Waals surface area contributed by atoms with Gasteiger partial charge in [0.2, 0.25) is 0 Å². The number of rotatable bonds is 4. The van der Waals surface area contributed by atoms with Gasteiger partial charge in [-0.1, -0.05) is 0 Å². The Hall–Kier alpha value is -0.410. The Balaban J connectivity index is 2.24. The second-order valence-electron chi connectivity index (χ2n) is 2.74. The van der Waals surface area contributed by atoms with Crippen LogP contribution >= 0.6 is 0 Å². The quantitative estimate of drug-likeness (QED) is 0.599. The van der Waals surface area contributed by atoms with Crippen molar-refractivity contribution in [2.24, 2.45) is 11.7 Å². The number of ether oxygens (including phenoxy) is 1. The minimum Gasteiger partial charge on any atom is -0.383 e. The van der Waals surface area contributed by atoms with E-state index >= 15 is 0 Å². The van der Waals surface area contributed by atoms with Gasteiger partial charge in [0.15, 0.2) is 5.78 Å². The van der Waals surface area contributed by atoms with E-state index < -0.39 is 6.04 Å². The SMILES string of the molecule is COCC(N)C(=O)C1CC1. The molecule has 1 atom stereocenters. The van der Waals surface area contributed by atoms with Crippen LogP contribution in [-0.4, -0.2) is 25.5 Å². The largest absolute Gasteiger partial charge is 0.383 e. The molecule has 0 radical (unpaired) electrons. The van der Waals surface area contributed by atoms with E-state index in [9.17, 15) is 4.79 Å². The zero-order valence-electron chi connectivity index (χ0n) is 6.17. The van der Waals surface area contributed by atoms with Crippen LogP contribution < -0.4 is 5.73 Å². The highest BCUT2D eigenvalue weighted by molar-refractivity contribution is 5.88. The molecular formula is C7H13NO2. The molecule has 0 aliphatic heterocycles. The van der Waals surface area contributed by atoms with Crippen LogP contribution in [0.5, 0.6) is 0 Å². The van der Waals surface area contributed by atoms with Crippen LogP contribution in [0.3, 0.4) is 0 Å². The lowest BCUT2D eigenvalue weighted by Gasteiger charge is -2.06. The predicted octanol–water partition coefficient (Wildman–Crippen LogP) is -0.0608. The molecule has 1 unspecified atom stereocenters. The molecule has 0 aromatic carbocycles. The van der Waals surface area contributed by atoms with E-state index in [1.54, 1.807) is 7.11 Å². The van der Waals surface area contributed by atoms with E-state index in [1.165, 1.54) is 0 Å². The Morgan fingerprint density at radius 3 is 2.80 bits per heavy atom. The molecule has 1 saturated carbocycles. The van der Waals surface area contributed by atoms with Crippen LogP contribution in [0.15, 0.2) is 0 Å². The first-order chi connectivity index (χ1) is 4.75. The summed E-state index contributed by atoms with van der Waals surface area (Å²) in [6.07, 6.45) is 2.05.